The van der Waals surface area contributed by atoms with Crippen LogP contribution in [0.5, 0.6) is 0 Å². The Morgan fingerprint density at radius 3 is 2.37 bits per heavy atom. The van der Waals surface area contributed by atoms with Crippen LogP contribution in [0, 0.1) is 5.41 Å². The zero-order chi connectivity index (χ0) is 13.9. The first-order chi connectivity index (χ1) is 9.01. The molecule has 0 radical (unpaired) electrons. The number of sulfonamides is 1. The largest absolute Gasteiger partial charge is 0.326 e. The SMILES string of the molecule is CCCC1(CNS(=O)(=O)c2ccc(CN)cc2)CC1. The Kier molecular flexibility index (Phi) is 4.28. The highest BCUT2D eigenvalue weighted by Gasteiger charge is 2.42. The van der Waals surface area contributed by atoms with Gasteiger partial charge in [-0.05, 0) is 42.4 Å². The van der Waals surface area contributed by atoms with Gasteiger partial charge in [-0.1, -0.05) is 25.5 Å². The summed E-state index contributed by atoms with van der Waals surface area (Å²) in [5.41, 5.74) is 6.66. The maximum absolute atomic E-state index is 12.2. The molecule has 106 valence electrons. The smallest absolute Gasteiger partial charge is 0.240 e. The lowest BCUT2D eigenvalue weighted by atomic mass is 10.0. The third-order valence-corrected chi connectivity index (χ3v) is 5.26. The Hall–Kier alpha value is -0.910. The zero-order valence-electron chi connectivity index (χ0n) is 11.4. The van der Waals surface area contributed by atoms with Crippen LogP contribution < -0.4 is 10.5 Å². The highest BCUT2D eigenvalue weighted by molar-refractivity contribution is 7.89. The van der Waals surface area contributed by atoms with Crippen molar-refractivity contribution in [1.82, 2.24) is 4.72 Å². The Labute approximate surface area is 115 Å². The average Bonchev–Trinajstić information content (AvgIpc) is 3.18. The van der Waals surface area contributed by atoms with Crippen LogP contribution in [-0.2, 0) is 16.6 Å². The summed E-state index contributed by atoms with van der Waals surface area (Å²) in [6, 6.07) is 6.74. The van der Waals surface area contributed by atoms with Crippen molar-refractivity contribution in [2.75, 3.05) is 6.54 Å². The van der Waals surface area contributed by atoms with E-state index in [0.717, 1.165) is 31.2 Å². The predicted molar refractivity (Wildman–Crippen MR) is 76.1 cm³/mol. The summed E-state index contributed by atoms with van der Waals surface area (Å²) in [4.78, 5) is 0.317. The molecule has 0 saturated heterocycles. The molecule has 4 nitrogen and oxygen atoms in total. The molecule has 1 aliphatic carbocycles. The monoisotopic (exact) mass is 282 g/mol. The van der Waals surface area contributed by atoms with Crippen LogP contribution in [0.3, 0.4) is 0 Å². The molecule has 0 atom stereocenters. The molecule has 2 rings (SSSR count). The fourth-order valence-electron chi connectivity index (χ4n) is 2.36. The van der Waals surface area contributed by atoms with E-state index >= 15 is 0 Å². The summed E-state index contributed by atoms with van der Waals surface area (Å²) in [6.07, 6.45) is 4.47. The van der Waals surface area contributed by atoms with E-state index in [1.54, 1.807) is 24.3 Å². The van der Waals surface area contributed by atoms with E-state index < -0.39 is 10.0 Å². The van der Waals surface area contributed by atoms with Crippen LogP contribution in [0.25, 0.3) is 0 Å². The second-order valence-electron chi connectivity index (χ2n) is 5.42. The molecular formula is C14H22N2O2S. The molecule has 1 fully saturated rings. The van der Waals surface area contributed by atoms with Crippen molar-refractivity contribution in [3.8, 4) is 0 Å². The van der Waals surface area contributed by atoms with E-state index in [2.05, 4.69) is 11.6 Å². The van der Waals surface area contributed by atoms with Crippen molar-refractivity contribution in [3.05, 3.63) is 29.8 Å². The second kappa shape index (κ2) is 5.61. The third-order valence-electron chi connectivity index (χ3n) is 3.84. The summed E-state index contributed by atoms with van der Waals surface area (Å²) >= 11 is 0. The molecule has 0 aromatic heterocycles. The van der Waals surface area contributed by atoms with Crippen LogP contribution >= 0.6 is 0 Å². The Morgan fingerprint density at radius 1 is 1.26 bits per heavy atom. The lowest BCUT2D eigenvalue weighted by molar-refractivity contribution is 0.449. The van der Waals surface area contributed by atoms with Gasteiger partial charge in [0.15, 0.2) is 0 Å². The van der Waals surface area contributed by atoms with E-state index in [-0.39, 0.29) is 5.41 Å². The molecule has 0 bridgehead atoms. The number of nitrogens with one attached hydrogen (secondary N) is 1. The van der Waals surface area contributed by atoms with Gasteiger partial charge < -0.3 is 5.73 Å². The third kappa shape index (κ3) is 3.55. The Bertz CT molecular complexity index is 519. The summed E-state index contributed by atoms with van der Waals surface area (Å²) < 4.78 is 27.1. The highest BCUT2D eigenvalue weighted by Crippen LogP contribution is 2.49. The fourth-order valence-corrected chi connectivity index (χ4v) is 3.52. The number of benzene rings is 1. The van der Waals surface area contributed by atoms with Gasteiger partial charge >= 0.3 is 0 Å². The van der Waals surface area contributed by atoms with E-state index in [9.17, 15) is 8.42 Å². The molecule has 0 amide bonds. The highest BCUT2D eigenvalue weighted by atomic mass is 32.2. The maximum Gasteiger partial charge on any atom is 0.240 e. The van der Waals surface area contributed by atoms with Crippen LogP contribution in [-0.4, -0.2) is 15.0 Å². The van der Waals surface area contributed by atoms with E-state index in [0.29, 0.717) is 18.0 Å². The van der Waals surface area contributed by atoms with Crippen LogP contribution in [0.15, 0.2) is 29.2 Å². The quantitative estimate of drug-likeness (QED) is 0.803. The number of hydrogen-bond donors (Lipinski definition) is 2. The van der Waals surface area contributed by atoms with Gasteiger partial charge in [0.1, 0.15) is 0 Å². The van der Waals surface area contributed by atoms with Crippen LogP contribution in [0.4, 0.5) is 0 Å². The van der Waals surface area contributed by atoms with Crippen molar-refractivity contribution in [1.29, 1.82) is 0 Å². The number of rotatable bonds is 7. The van der Waals surface area contributed by atoms with Crippen molar-refractivity contribution in [2.45, 2.75) is 44.0 Å². The van der Waals surface area contributed by atoms with E-state index in [1.807, 2.05) is 0 Å². The van der Waals surface area contributed by atoms with Gasteiger partial charge in [-0.3, -0.25) is 0 Å². The Balaban J connectivity index is 2.01. The molecule has 0 spiro atoms. The normalized spacial score (nSPS) is 17.4. The molecule has 1 aliphatic rings. The van der Waals surface area contributed by atoms with Gasteiger partial charge in [0, 0.05) is 13.1 Å². The van der Waals surface area contributed by atoms with Gasteiger partial charge in [-0.25, -0.2) is 13.1 Å². The summed E-state index contributed by atoms with van der Waals surface area (Å²) in [5.74, 6) is 0. The molecule has 1 aromatic carbocycles. The Morgan fingerprint density at radius 2 is 1.89 bits per heavy atom. The maximum atomic E-state index is 12.2. The van der Waals surface area contributed by atoms with Gasteiger partial charge in [-0.2, -0.15) is 0 Å². The number of nitrogens with two attached hydrogens (primary N) is 1. The minimum atomic E-state index is -3.39. The van der Waals surface area contributed by atoms with Gasteiger partial charge in [0.05, 0.1) is 4.90 Å². The molecule has 0 unspecified atom stereocenters. The minimum absolute atomic E-state index is 0.221. The molecule has 1 saturated carbocycles. The lowest BCUT2D eigenvalue weighted by Gasteiger charge is -2.15. The first-order valence-corrected chi connectivity index (χ1v) is 8.28. The van der Waals surface area contributed by atoms with Crippen LogP contribution in [0.2, 0.25) is 0 Å². The van der Waals surface area contributed by atoms with Gasteiger partial charge in [0.25, 0.3) is 0 Å². The summed E-state index contributed by atoms with van der Waals surface area (Å²) in [6.45, 7) is 3.12. The molecule has 1 aromatic rings. The lowest BCUT2D eigenvalue weighted by Crippen LogP contribution is -2.30. The molecule has 5 heteroatoms. The van der Waals surface area contributed by atoms with E-state index in [1.165, 1.54) is 0 Å². The van der Waals surface area contributed by atoms with E-state index in [4.69, 9.17) is 5.73 Å². The van der Waals surface area contributed by atoms with Gasteiger partial charge in [-0.15, -0.1) is 0 Å². The zero-order valence-corrected chi connectivity index (χ0v) is 12.2. The van der Waals surface area contributed by atoms with Crippen molar-refractivity contribution >= 4 is 10.0 Å². The average molecular weight is 282 g/mol. The van der Waals surface area contributed by atoms with Crippen LogP contribution in [0.1, 0.15) is 38.2 Å². The molecule has 3 N–H and O–H groups in total. The topological polar surface area (TPSA) is 72.2 Å². The van der Waals surface area contributed by atoms with Crippen molar-refractivity contribution in [2.24, 2.45) is 11.1 Å². The first kappa shape index (κ1) is 14.5. The minimum Gasteiger partial charge on any atom is -0.326 e. The van der Waals surface area contributed by atoms with Crippen molar-refractivity contribution < 1.29 is 8.42 Å². The fraction of sp³-hybridized carbons (Fsp3) is 0.571. The van der Waals surface area contributed by atoms with Gasteiger partial charge in [0.2, 0.25) is 10.0 Å². The molecule has 0 heterocycles. The van der Waals surface area contributed by atoms with Crippen molar-refractivity contribution in [3.63, 3.8) is 0 Å². The first-order valence-electron chi connectivity index (χ1n) is 6.80. The molecule has 19 heavy (non-hydrogen) atoms. The molecular weight excluding hydrogens is 260 g/mol. The summed E-state index contributed by atoms with van der Waals surface area (Å²) in [7, 11) is -3.39. The molecule has 0 aliphatic heterocycles. The second-order valence-corrected chi connectivity index (χ2v) is 7.19. The number of hydrogen-bond acceptors (Lipinski definition) is 3. The predicted octanol–water partition coefficient (Wildman–Crippen LogP) is 2.00. The summed E-state index contributed by atoms with van der Waals surface area (Å²) in [5, 5.41) is 0. The standard InChI is InChI=1S/C14H22N2O2S/c1-2-7-14(8-9-14)11-16-19(17,18)13-5-3-12(10-15)4-6-13/h3-6,16H,2,7-11,15H2,1H3.